The summed E-state index contributed by atoms with van der Waals surface area (Å²) in [5, 5.41) is -5.16. The van der Waals surface area contributed by atoms with Gasteiger partial charge in [0, 0.05) is 11.8 Å². The first-order chi connectivity index (χ1) is 11.0. The lowest BCUT2D eigenvalue weighted by molar-refractivity contribution is -0.180. The Kier molecular flexibility index (Phi) is 3.72. The van der Waals surface area contributed by atoms with E-state index in [4.69, 9.17) is 9.29 Å². The molecule has 8 nitrogen and oxygen atoms in total. The first kappa shape index (κ1) is 17.2. The van der Waals surface area contributed by atoms with Crippen LogP contribution < -0.4 is 0 Å². The van der Waals surface area contributed by atoms with Crippen molar-refractivity contribution in [3.8, 4) is 0 Å². The molecule has 4 unspecified atom stereocenters. The second kappa shape index (κ2) is 5.19. The van der Waals surface area contributed by atoms with Crippen molar-refractivity contribution in [1.82, 2.24) is 0 Å². The van der Waals surface area contributed by atoms with Gasteiger partial charge < -0.3 is 9.47 Å². The van der Waals surface area contributed by atoms with Gasteiger partial charge >= 0.3 is 27.3 Å². The fraction of sp³-hybridized carbons (Fsp3) is 0.769. The molecule has 4 aliphatic carbocycles. The third-order valence-electron chi connectivity index (χ3n) is 4.98. The van der Waals surface area contributed by atoms with Gasteiger partial charge in [-0.05, 0) is 31.6 Å². The van der Waals surface area contributed by atoms with Gasteiger partial charge in [0.25, 0.3) is 0 Å². The maximum atomic E-state index is 13.0. The number of esters is 2. The number of carbonyl (C=O) groups is 3. The zero-order valence-corrected chi connectivity index (χ0v) is 13.1. The number of hydrogen-bond acceptors (Lipinski definition) is 7. The largest absolute Gasteiger partial charge is 0.465 e. The number of ether oxygens (including phenoxy) is 2. The normalized spacial score (nSPS) is 34.5. The van der Waals surface area contributed by atoms with E-state index in [1.165, 1.54) is 0 Å². The molecule has 4 bridgehead atoms. The predicted octanol–water partition coefficient (Wildman–Crippen LogP) is 0.311. The molecule has 4 rings (SSSR count). The summed E-state index contributed by atoms with van der Waals surface area (Å²) in [5.41, 5.74) is -0.846. The maximum absolute atomic E-state index is 13.0. The van der Waals surface area contributed by atoms with Crippen LogP contribution in [0.5, 0.6) is 0 Å². The Balaban J connectivity index is 1.56. The van der Waals surface area contributed by atoms with E-state index in [9.17, 15) is 31.6 Å². The molecule has 0 amide bonds. The lowest BCUT2D eigenvalue weighted by Gasteiger charge is -2.36. The van der Waals surface area contributed by atoms with Gasteiger partial charge in [-0.1, -0.05) is 0 Å². The summed E-state index contributed by atoms with van der Waals surface area (Å²) in [7, 11) is -5.99. The average molecular weight is 368 g/mol. The quantitative estimate of drug-likeness (QED) is 0.543. The Bertz CT molecular complexity index is 713. The van der Waals surface area contributed by atoms with Crippen LogP contribution in [0.2, 0.25) is 0 Å². The summed E-state index contributed by atoms with van der Waals surface area (Å²) >= 11 is 0. The maximum Gasteiger partial charge on any atom is 0.465 e. The summed E-state index contributed by atoms with van der Waals surface area (Å²) in [6.07, 6.45) is 1.99. The second-order valence-corrected chi connectivity index (χ2v) is 8.00. The highest BCUT2D eigenvalue weighted by Crippen LogP contribution is 2.59. The summed E-state index contributed by atoms with van der Waals surface area (Å²) in [6, 6.07) is 0. The van der Waals surface area contributed by atoms with Gasteiger partial charge in [0.15, 0.2) is 6.61 Å². The van der Waals surface area contributed by atoms with E-state index in [0.29, 0.717) is 19.3 Å². The summed E-state index contributed by atoms with van der Waals surface area (Å²) in [5.74, 6) is -3.67. The van der Waals surface area contributed by atoms with Crippen molar-refractivity contribution in [3.63, 3.8) is 0 Å². The van der Waals surface area contributed by atoms with Crippen molar-refractivity contribution >= 4 is 27.8 Å². The van der Waals surface area contributed by atoms with Crippen molar-refractivity contribution < 1.29 is 45.6 Å². The molecule has 24 heavy (non-hydrogen) atoms. The van der Waals surface area contributed by atoms with E-state index in [0.717, 1.165) is 6.42 Å². The Labute approximate surface area is 135 Å². The van der Waals surface area contributed by atoms with Gasteiger partial charge in [-0.15, -0.1) is 0 Å². The molecule has 0 spiro atoms. The van der Waals surface area contributed by atoms with E-state index in [1.54, 1.807) is 0 Å². The standard InChI is InChI=1S/C13H14F2O8S/c14-13(15,24(19,20)21)11(18)22-5-9(16)23-12-2-6-1-7(3-12)10(17)8(6)4-12/h6-8H,1-5H2,(H,19,20,21). The Hall–Kier alpha value is -1.62. The molecule has 0 heterocycles. The summed E-state index contributed by atoms with van der Waals surface area (Å²) in [4.78, 5) is 34.6. The van der Waals surface area contributed by atoms with Crippen LogP contribution >= 0.6 is 0 Å². The van der Waals surface area contributed by atoms with Crippen LogP contribution in [0.3, 0.4) is 0 Å². The third-order valence-corrected chi connectivity index (χ3v) is 5.80. The van der Waals surface area contributed by atoms with Crippen molar-refractivity contribution in [2.75, 3.05) is 6.61 Å². The van der Waals surface area contributed by atoms with Crippen molar-refractivity contribution in [2.24, 2.45) is 17.8 Å². The van der Waals surface area contributed by atoms with Crippen LogP contribution in [0.4, 0.5) is 8.78 Å². The first-order valence-corrected chi connectivity index (χ1v) is 8.67. The van der Waals surface area contributed by atoms with Crippen molar-refractivity contribution in [1.29, 1.82) is 0 Å². The van der Waals surface area contributed by atoms with Gasteiger partial charge in [-0.2, -0.15) is 17.2 Å². The molecular weight excluding hydrogens is 354 g/mol. The molecule has 1 N–H and O–H groups in total. The van der Waals surface area contributed by atoms with Crippen LogP contribution in [-0.4, -0.2) is 48.2 Å². The van der Waals surface area contributed by atoms with Crippen molar-refractivity contribution in [2.45, 2.75) is 36.5 Å². The average Bonchev–Trinajstić information content (AvgIpc) is 2.83. The van der Waals surface area contributed by atoms with E-state index >= 15 is 0 Å². The zero-order chi connectivity index (χ0) is 17.9. The first-order valence-electron chi connectivity index (χ1n) is 7.23. The fourth-order valence-corrected chi connectivity index (χ4v) is 4.41. The molecule has 4 aliphatic rings. The number of hydrogen-bond donors (Lipinski definition) is 1. The molecule has 4 atom stereocenters. The van der Waals surface area contributed by atoms with E-state index in [1.807, 2.05) is 0 Å². The van der Waals surface area contributed by atoms with Gasteiger partial charge in [0.05, 0.1) is 0 Å². The fourth-order valence-electron chi connectivity index (χ4n) is 4.15. The molecule has 0 aromatic carbocycles. The zero-order valence-electron chi connectivity index (χ0n) is 12.2. The molecule has 0 saturated heterocycles. The Morgan fingerprint density at radius 3 is 2.50 bits per heavy atom. The lowest BCUT2D eigenvalue weighted by atomic mass is 9.77. The summed E-state index contributed by atoms with van der Waals surface area (Å²) in [6.45, 7) is -1.21. The molecule has 4 fully saturated rings. The van der Waals surface area contributed by atoms with Crippen molar-refractivity contribution in [3.05, 3.63) is 0 Å². The topological polar surface area (TPSA) is 124 Å². The monoisotopic (exact) mass is 368 g/mol. The van der Waals surface area contributed by atoms with Gasteiger partial charge in [-0.25, -0.2) is 9.59 Å². The molecule has 11 heteroatoms. The smallest absolute Gasteiger partial charge is 0.456 e. The van der Waals surface area contributed by atoms with Crippen LogP contribution in [0.15, 0.2) is 0 Å². The van der Waals surface area contributed by atoms with Crippen LogP contribution in [-0.2, 0) is 34.0 Å². The number of rotatable bonds is 5. The molecule has 0 radical (unpaired) electrons. The SMILES string of the molecule is O=C(COC(=O)C(F)(F)S(=O)(=O)O)OC12CC3CC(C1)C(C2)C3=O. The number of halogens is 2. The Morgan fingerprint density at radius 1 is 1.29 bits per heavy atom. The Morgan fingerprint density at radius 2 is 1.96 bits per heavy atom. The second-order valence-electron chi connectivity index (χ2n) is 6.54. The van der Waals surface area contributed by atoms with Gasteiger partial charge in [0.2, 0.25) is 0 Å². The molecule has 0 aliphatic heterocycles. The lowest BCUT2D eigenvalue weighted by Crippen LogP contribution is -2.43. The van der Waals surface area contributed by atoms with Crippen LogP contribution in [0, 0.1) is 17.8 Å². The summed E-state index contributed by atoms with van der Waals surface area (Å²) < 4.78 is 64.2. The minimum Gasteiger partial charge on any atom is -0.456 e. The van der Waals surface area contributed by atoms with Gasteiger partial charge in [-0.3, -0.25) is 9.35 Å². The van der Waals surface area contributed by atoms with E-state index < -0.39 is 39.5 Å². The molecule has 0 aromatic heterocycles. The van der Waals surface area contributed by atoms with Crippen LogP contribution in [0.25, 0.3) is 0 Å². The highest BCUT2D eigenvalue weighted by molar-refractivity contribution is 7.87. The number of carbonyl (C=O) groups excluding carboxylic acids is 3. The molecule has 4 saturated carbocycles. The highest BCUT2D eigenvalue weighted by Gasteiger charge is 2.62. The number of Topliss-reactive ketones (excluding diaryl/α,β-unsaturated/α-hetero) is 1. The third kappa shape index (κ3) is 2.59. The number of ketones is 1. The minimum absolute atomic E-state index is 0.149. The molecular formula is C13H14F2O8S. The number of alkyl halides is 2. The molecule has 134 valence electrons. The molecule has 0 aromatic rings. The van der Waals surface area contributed by atoms with Crippen LogP contribution in [0.1, 0.15) is 25.7 Å². The van der Waals surface area contributed by atoms with Gasteiger partial charge in [0.1, 0.15) is 11.4 Å². The van der Waals surface area contributed by atoms with E-state index in [2.05, 4.69) is 4.74 Å². The predicted molar refractivity (Wildman–Crippen MR) is 70.2 cm³/mol. The highest BCUT2D eigenvalue weighted by atomic mass is 32.2. The minimum atomic E-state index is -5.99. The van der Waals surface area contributed by atoms with E-state index in [-0.39, 0.29) is 23.5 Å².